The molecule has 0 spiro atoms. The van der Waals surface area contributed by atoms with E-state index in [1.165, 1.54) is 12.8 Å². The highest BCUT2D eigenvalue weighted by atomic mass is 16.5. The average Bonchev–Trinajstić information content (AvgIpc) is 3.37. The van der Waals surface area contributed by atoms with E-state index in [0.717, 1.165) is 23.4 Å². The summed E-state index contributed by atoms with van der Waals surface area (Å²) < 4.78 is 5.67. The molecule has 1 aliphatic carbocycles. The number of anilines is 1. The fraction of sp³-hybridized carbons (Fsp3) is 0.375. The maximum Gasteiger partial charge on any atom is 0.161 e. The summed E-state index contributed by atoms with van der Waals surface area (Å²) in [5.74, 6) is 8.26. The van der Waals surface area contributed by atoms with Crippen LogP contribution >= 0.6 is 0 Å². The van der Waals surface area contributed by atoms with Crippen molar-refractivity contribution in [2.45, 2.75) is 32.1 Å². The molecule has 3 rings (SSSR count). The second kappa shape index (κ2) is 6.10. The third-order valence-electron chi connectivity index (χ3n) is 3.45. The number of nitrogens with two attached hydrogens (primary N) is 1. The number of hydrogen-bond acceptors (Lipinski definition) is 5. The van der Waals surface area contributed by atoms with Crippen molar-refractivity contribution in [1.82, 2.24) is 9.97 Å². The number of hydrazine groups is 1. The molecule has 0 radical (unpaired) electrons. The first kappa shape index (κ1) is 13.8. The monoisotopic (exact) mass is 284 g/mol. The van der Waals surface area contributed by atoms with Gasteiger partial charge in [0.2, 0.25) is 0 Å². The van der Waals surface area contributed by atoms with E-state index in [-0.39, 0.29) is 0 Å². The van der Waals surface area contributed by atoms with Crippen molar-refractivity contribution < 1.29 is 4.74 Å². The molecule has 1 fully saturated rings. The van der Waals surface area contributed by atoms with Crippen molar-refractivity contribution in [2.24, 2.45) is 5.84 Å². The Morgan fingerprint density at radius 2 is 2.14 bits per heavy atom. The molecule has 3 N–H and O–H groups in total. The highest BCUT2D eigenvalue weighted by Crippen LogP contribution is 2.40. The van der Waals surface area contributed by atoms with E-state index in [9.17, 15) is 0 Å². The van der Waals surface area contributed by atoms with Gasteiger partial charge in [0.25, 0.3) is 0 Å². The molecule has 0 aliphatic heterocycles. The van der Waals surface area contributed by atoms with E-state index in [0.29, 0.717) is 24.2 Å². The summed E-state index contributed by atoms with van der Waals surface area (Å²) in [5, 5.41) is 0. The van der Waals surface area contributed by atoms with Crippen LogP contribution in [0, 0.1) is 0 Å². The SMILES string of the molecule is CCCOc1cccc(-c2nc(NN)cc(C3CC3)n2)c1. The molecule has 0 atom stereocenters. The fourth-order valence-corrected chi connectivity index (χ4v) is 2.20. The summed E-state index contributed by atoms with van der Waals surface area (Å²) in [5.41, 5.74) is 4.64. The zero-order chi connectivity index (χ0) is 14.7. The van der Waals surface area contributed by atoms with Gasteiger partial charge in [-0.15, -0.1) is 0 Å². The molecule has 1 saturated carbocycles. The Bertz CT molecular complexity index is 625. The van der Waals surface area contributed by atoms with Gasteiger partial charge in [0.1, 0.15) is 11.6 Å². The van der Waals surface area contributed by atoms with E-state index >= 15 is 0 Å². The molecule has 0 saturated heterocycles. The summed E-state index contributed by atoms with van der Waals surface area (Å²) in [6.07, 6.45) is 3.37. The Hall–Kier alpha value is -2.14. The molecular weight excluding hydrogens is 264 g/mol. The number of rotatable bonds is 6. The number of nitrogens with zero attached hydrogens (tertiary/aromatic N) is 2. The summed E-state index contributed by atoms with van der Waals surface area (Å²) in [6, 6.07) is 9.81. The molecule has 2 aromatic rings. The highest BCUT2D eigenvalue weighted by molar-refractivity contribution is 5.60. The minimum atomic E-state index is 0.554. The van der Waals surface area contributed by atoms with Crippen LogP contribution in [-0.4, -0.2) is 16.6 Å². The van der Waals surface area contributed by atoms with Gasteiger partial charge in [-0.1, -0.05) is 19.1 Å². The van der Waals surface area contributed by atoms with Crippen molar-refractivity contribution in [2.75, 3.05) is 12.0 Å². The van der Waals surface area contributed by atoms with Gasteiger partial charge in [-0.25, -0.2) is 15.8 Å². The Kier molecular flexibility index (Phi) is 4.01. The number of nitrogen functional groups attached to an aromatic ring is 1. The molecule has 0 amide bonds. The van der Waals surface area contributed by atoms with Gasteiger partial charge < -0.3 is 10.2 Å². The number of nitrogens with one attached hydrogen (secondary N) is 1. The molecule has 0 bridgehead atoms. The average molecular weight is 284 g/mol. The van der Waals surface area contributed by atoms with Gasteiger partial charge in [0.05, 0.1) is 6.61 Å². The minimum absolute atomic E-state index is 0.554. The minimum Gasteiger partial charge on any atom is -0.494 e. The van der Waals surface area contributed by atoms with Gasteiger partial charge in [0.15, 0.2) is 5.82 Å². The third-order valence-corrected chi connectivity index (χ3v) is 3.45. The van der Waals surface area contributed by atoms with Crippen LogP contribution in [0.2, 0.25) is 0 Å². The van der Waals surface area contributed by atoms with Crippen molar-refractivity contribution in [3.05, 3.63) is 36.0 Å². The normalized spacial score (nSPS) is 14.0. The van der Waals surface area contributed by atoms with Gasteiger partial charge in [-0.05, 0) is 31.4 Å². The van der Waals surface area contributed by atoms with E-state index in [1.807, 2.05) is 30.3 Å². The van der Waals surface area contributed by atoms with Gasteiger partial charge >= 0.3 is 0 Å². The lowest BCUT2D eigenvalue weighted by Gasteiger charge is -2.09. The lowest BCUT2D eigenvalue weighted by molar-refractivity contribution is 0.317. The standard InChI is InChI=1S/C16H20N4O/c1-2-8-21-13-5-3-4-12(9-13)16-18-14(11-6-7-11)10-15(19-16)20-17/h3-5,9-11H,2,6-8,17H2,1H3,(H,18,19,20). The van der Waals surface area contributed by atoms with E-state index in [2.05, 4.69) is 22.3 Å². The van der Waals surface area contributed by atoms with E-state index in [1.54, 1.807) is 0 Å². The summed E-state index contributed by atoms with van der Waals surface area (Å²) in [4.78, 5) is 9.12. The molecule has 0 unspecified atom stereocenters. The second-order valence-electron chi connectivity index (χ2n) is 5.30. The summed E-state index contributed by atoms with van der Waals surface area (Å²) >= 11 is 0. The highest BCUT2D eigenvalue weighted by Gasteiger charge is 2.26. The predicted octanol–water partition coefficient (Wildman–Crippen LogP) is 3.10. The molecule has 5 nitrogen and oxygen atoms in total. The maximum absolute atomic E-state index is 5.67. The molecule has 21 heavy (non-hydrogen) atoms. The molecule has 1 aliphatic rings. The van der Waals surface area contributed by atoms with Crippen LogP contribution < -0.4 is 16.0 Å². The van der Waals surface area contributed by atoms with Crippen LogP contribution in [0.4, 0.5) is 5.82 Å². The number of aromatic nitrogens is 2. The Balaban J connectivity index is 1.93. The van der Waals surface area contributed by atoms with Gasteiger partial charge in [-0.3, -0.25) is 0 Å². The first-order valence-corrected chi connectivity index (χ1v) is 7.39. The molecule has 5 heteroatoms. The molecule has 1 heterocycles. The lowest BCUT2D eigenvalue weighted by atomic mass is 10.2. The zero-order valence-electron chi connectivity index (χ0n) is 12.2. The third kappa shape index (κ3) is 3.31. The van der Waals surface area contributed by atoms with Crippen LogP contribution in [-0.2, 0) is 0 Å². The summed E-state index contributed by atoms with van der Waals surface area (Å²) in [6.45, 7) is 2.80. The van der Waals surface area contributed by atoms with Crippen molar-refractivity contribution in [3.63, 3.8) is 0 Å². The zero-order valence-corrected chi connectivity index (χ0v) is 12.2. The van der Waals surface area contributed by atoms with Crippen LogP contribution in [0.25, 0.3) is 11.4 Å². The number of hydrogen-bond donors (Lipinski definition) is 2. The number of ether oxygens (including phenoxy) is 1. The lowest BCUT2D eigenvalue weighted by Crippen LogP contribution is -2.10. The number of benzene rings is 1. The molecule has 1 aromatic heterocycles. The second-order valence-corrected chi connectivity index (χ2v) is 5.30. The smallest absolute Gasteiger partial charge is 0.161 e. The van der Waals surface area contributed by atoms with Crippen LogP contribution in [0.3, 0.4) is 0 Å². The first-order chi connectivity index (χ1) is 10.3. The molecule has 110 valence electrons. The Morgan fingerprint density at radius 3 is 2.86 bits per heavy atom. The molecular formula is C16H20N4O. The largest absolute Gasteiger partial charge is 0.494 e. The van der Waals surface area contributed by atoms with E-state index < -0.39 is 0 Å². The molecule has 1 aromatic carbocycles. The maximum atomic E-state index is 5.67. The van der Waals surface area contributed by atoms with Gasteiger partial charge in [0, 0.05) is 23.2 Å². The van der Waals surface area contributed by atoms with Crippen molar-refractivity contribution in [3.8, 4) is 17.1 Å². The quantitative estimate of drug-likeness (QED) is 0.630. The van der Waals surface area contributed by atoms with E-state index in [4.69, 9.17) is 10.6 Å². The summed E-state index contributed by atoms with van der Waals surface area (Å²) in [7, 11) is 0. The van der Waals surface area contributed by atoms with Crippen LogP contribution in [0.15, 0.2) is 30.3 Å². The van der Waals surface area contributed by atoms with Crippen LogP contribution in [0.5, 0.6) is 5.75 Å². The van der Waals surface area contributed by atoms with Gasteiger partial charge in [-0.2, -0.15) is 0 Å². The first-order valence-electron chi connectivity index (χ1n) is 7.39. The van der Waals surface area contributed by atoms with Crippen molar-refractivity contribution in [1.29, 1.82) is 0 Å². The predicted molar refractivity (Wildman–Crippen MR) is 83.0 cm³/mol. The van der Waals surface area contributed by atoms with Crippen molar-refractivity contribution >= 4 is 5.82 Å². The topological polar surface area (TPSA) is 73.1 Å². The fourth-order valence-electron chi connectivity index (χ4n) is 2.20. The van der Waals surface area contributed by atoms with Crippen LogP contribution in [0.1, 0.15) is 37.8 Å². The Morgan fingerprint density at radius 1 is 1.29 bits per heavy atom. The Labute approximate surface area is 124 Å².